The number of hydrogen-bond acceptors (Lipinski definition) is 5. The molecule has 0 N–H and O–H groups in total. The molecule has 2 heterocycles. The zero-order valence-corrected chi connectivity index (χ0v) is 19.3. The number of benzene rings is 2. The molecular formula is C24H29FN2O4S. The molecule has 8 heteroatoms. The van der Waals surface area contributed by atoms with E-state index in [-0.39, 0.29) is 29.3 Å². The molecule has 1 amide bonds. The molecule has 1 saturated heterocycles. The highest BCUT2D eigenvalue weighted by molar-refractivity contribution is 7.84. The van der Waals surface area contributed by atoms with Gasteiger partial charge in [-0.3, -0.25) is 9.00 Å². The lowest BCUT2D eigenvalue weighted by Crippen LogP contribution is -2.50. The minimum absolute atomic E-state index is 0.0174. The molecule has 2 atom stereocenters. The van der Waals surface area contributed by atoms with E-state index in [0.29, 0.717) is 32.8 Å². The van der Waals surface area contributed by atoms with Gasteiger partial charge in [0.25, 0.3) is 0 Å². The molecule has 0 bridgehead atoms. The van der Waals surface area contributed by atoms with Gasteiger partial charge in [0.15, 0.2) is 0 Å². The zero-order valence-electron chi connectivity index (χ0n) is 18.5. The summed E-state index contributed by atoms with van der Waals surface area (Å²) in [6.45, 7) is 6.91. The van der Waals surface area contributed by atoms with Crippen molar-refractivity contribution in [3.8, 4) is 11.5 Å². The van der Waals surface area contributed by atoms with E-state index in [4.69, 9.17) is 9.47 Å². The maximum Gasteiger partial charge on any atom is 0.235 e. The Morgan fingerprint density at radius 3 is 2.59 bits per heavy atom. The summed E-state index contributed by atoms with van der Waals surface area (Å²) in [5.41, 5.74) is 2.86. The second kappa shape index (κ2) is 9.90. The van der Waals surface area contributed by atoms with E-state index in [1.807, 2.05) is 26.0 Å². The fraction of sp³-hybridized carbons (Fsp3) is 0.458. The smallest absolute Gasteiger partial charge is 0.235 e. The largest absolute Gasteiger partial charge is 0.494 e. The van der Waals surface area contributed by atoms with Gasteiger partial charge in [0.1, 0.15) is 29.2 Å². The molecule has 0 unspecified atom stereocenters. The summed E-state index contributed by atoms with van der Waals surface area (Å²) in [6, 6.07) is 10.3. The van der Waals surface area contributed by atoms with Crippen LogP contribution in [0.1, 0.15) is 25.0 Å². The Kier molecular flexibility index (Phi) is 6.98. The third kappa shape index (κ3) is 5.23. The Balaban J connectivity index is 1.33. The van der Waals surface area contributed by atoms with Crippen LogP contribution in [-0.2, 0) is 27.8 Å². The number of halogens is 1. The van der Waals surface area contributed by atoms with Crippen LogP contribution in [0.5, 0.6) is 11.5 Å². The molecule has 6 nitrogen and oxygen atoms in total. The van der Waals surface area contributed by atoms with Gasteiger partial charge in [-0.15, -0.1) is 0 Å². The molecule has 32 heavy (non-hydrogen) atoms. The maximum absolute atomic E-state index is 13.1. The first-order valence-corrected chi connectivity index (χ1v) is 12.5. The first-order valence-electron chi connectivity index (χ1n) is 11.0. The fourth-order valence-corrected chi connectivity index (χ4v) is 5.34. The predicted octanol–water partition coefficient (Wildman–Crippen LogP) is 3.15. The van der Waals surface area contributed by atoms with Crippen LogP contribution in [0.3, 0.4) is 0 Å². The molecule has 2 aromatic rings. The number of amides is 1. The van der Waals surface area contributed by atoms with Crippen LogP contribution in [0.4, 0.5) is 10.1 Å². The topological polar surface area (TPSA) is 59.1 Å². The van der Waals surface area contributed by atoms with Crippen molar-refractivity contribution in [3.05, 3.63) is 53.3 Å². The minimum Gasteiger partial charge on any atom is -0.494 e. The highest BCUT2D eigenvalue weighted by Gasteiger charge is 2.25. The van der Waals surface area contributed by atoms with Crippen LogP contribution < -0.4 is 14.4 Å². The van der Waals surface area contributed by atoms with E-state index in [0.717, 1.165) is 34.7 Å². The summed E-state index contributed by atoms with van der Waals surface area (Å²) in [5.74, 6) is 1.40. The maximum atomic E-state index is 13.1. The molecule has 0 aliphatic carbocycles. The molecule has 0 spiro atoms. The predicted molar refractivity (Wildman–Crippen MR) is 123 cm³/mol. The van der Waals surface area contributed by atoms with Gasteiger partial charge in [0.2, 0.25) is 5.91 Å². The van der Waals surface area contributed by atoms with Gasteiger partial charge in [0, 0.05) is 60.2 Å². The second-order valence-electron chi connectivity index (χ2n) is 8.21. The van der Waals surface area contributed by atoms with Gasteiger partial charge < -0.3 is 19.3 Å². The summed E-state index contributed by atoms with van der Waals surface area (Å²) in [6.07, 6.45) is 0.955. The van der Waals surface area contributed by atoms with Crippen LogP contribution in [0.25, 0.3) is 0 Å². The number of carbonyl (C=O) groups excluding carboxylic acids is 1. The van der Waals surface area contributed by atoms with Crippen LogP contribution in [0, 0.1) is 5.82 Å². The van der Waals surface area contributed by atoms with Crippen molar-refractivity contribution in [2.45, 2.75) is 32.1 Å². The fourth-order valence-electron chi connectivity index (χ4n) is 4.20. The number of carbonyl (C=O) groups is 1. The van der Waals surface area contributed by atoms with Gasteiger partial charge in [-0.25, -0.2) is 4.39 Å². The number of hydrogen-bond donors (Lipinski definition) is 0. The van der Waals surface area contributed by atoms with Crippen molar-refractivity contribution in [1.29, 1.82) is 0 Å². The molecule has 1 fully saturated rings. The monoisotopic (exact) mass is 460 g/mol. The van der Waals surface area contributed by atoms with Gasteiger partial charge in [0.05, 0.1) is 12.4 Å². The molecular weight excluding hydrogens is 431 g/mol. The Bertz CT molecular complexity index is 990. The first-order chi connectivity index (χ1) is 15.4. The van der Waals surface area contributed by atoms with Crippen LogP contribution in [-0.4, -0.2) is 59.7 Å². The standard InChI is InChI=1S/C24H29FN2O4S/c1-3-30-22-13-18-12-17(2)31-23(18)14-19(22)15-32(29)16-24(28)27-10-8-26(9-11-27)21-6-4-20(25)5-7-21/h4-7,13-14,17H,3,8-12,15-16H2,1-2H3/t17-,32+/m0/s1. The number of fused-ring (bicyclic) bond motifs is 1. The number of ether oxygens (including phenoxy) is 2. The minimum atomic E-state index is -1.35. The van der Waals surface area contributed by atoms with E-state index in [2.05, 4.69) is 4.90 Å². The SMILES string of the molecule is CCOc1cc2c(cc1C[S@@](=O)CC(=O)N1CCN(c3ccc(F)cc3)CC1)O[C@@H](C)C2. The van der Waals surface area contributed by atoms with Gasteiger partial charge >= 0.3 is 0 Å². The summed E-state index contributed by atoms with van der Waals surface area (Å²) < 4.78 is 37.6. The van der Waals surface area contributed by atoms with Crippen molar-refractivity contribution in [1.82, 2.24) is 4.90 Å². The lowest BCUT2D eigenvalue weighted by molar-refractivity contribution is -0.128. The van der Waals surface area contributed by atoms with E-state index >= 15 is 0 Å². The summed E-state index contributed by atoms with van der Waals surface area (Å²) >= 11 is 0. The van der Waals surface area contributed by atoms with Crippen molar-refractivity contribution in [3.63, 3.8) is 0 Å². The molecule has 0 radical (unpaired) electrons. The highest BCUT2D eigenvalue weighted by atomic mass is 32.2. The molecule has 2 aliphatic rings. The average molecular weight is 461 g/mol. The van der Waals surface area contributed by atoms with Crippen molar-refractivity contribution in [2.75, 3.05) is 43.4 Å². The molecule has 4 rings (SSSR count). The van der Waals surface area contributed by atoms with Crippen LogP contribution in [0.15, 0.2) is 36.4 Å². The van der Waals surface area contributed by atoms with Gasteiger partial charge in [-0.05, 0) is 50.2 Å². The zero-order chi connectivity index (χ0) is 22.7. The molecule has 2 aliphatic heterocycles. The number of anilines is 1. The second-order valence-corrected chi connectivity index (χ2v) is 9.66. The number of nitrogens with zero attached hydrogens (tertiary/aromatic N) is 2. The Hall–Kier alpha value is -2.61. The Morgan fingerprint density at radius 1 is 1.19 bits per heavy atom. The Morgan fingerprint density at radius 2 is 1.91 bits per heavy atom. The van der Waals surface area contributed by atoms with Crippen LogP contribution in [0.2, 0.25) is 0 Å². The first kappa shape index (κ1) is 22.6. The quantitative estimate of drug-likeness (QED) is 0.635. The lowest BCUT2D eigenvalue weighted by Gasteiger charge is -2.36. The van der Waals surface area contributed by atoms with Crippen molar-refractivity contribution < 1.29 is 22.9 Å². The molecule has 2 aromatic carbocycles. The normalized spacial score (nSPS) is 18.8. The summed E-state index contributed by atoms with van der Waals surface area (Å²) in [4.78, 5) is 16.6. The molecule has 0 aromatic heterocycles. The van der Waals surface area contributed by atoms with Crippen molar-refractivity contribution in [2.24, 2.45) is 0 Å². The van der Waals surface area contributed by atoms with E-state index in [1.54, 1.807) is 17.0 Å². The average Bonchev–Trinajstić information content (AvgIpc) is 3.13. The van der Waals surface area contributed by atoms with Gasteiger partial charge in [-0.2, -0.15) is 0 Å². The van der Waals surface area contributed by atoms with Crippen molar-refractivity contribution >= 4 is 22.4 Å². The summed E-state index contributed by atoms with van der Waals surface area (Å²) in [7, 11) is -1.35. The molecule has 172 valence electrons. The molecule has 0 saturated carbocycles. The Labute approximate surface area is 190 Å². The number of rotatable bonds is 7. The van der Waals surface area contributed by atoms with E-state index < -0.39 is 10.8 Å². The van der Waals surface area contributed by atoms with Gasteiger partial charge in [-0.1, -0.05) is 0 Å². The highest BCUT2D eigenvalue weighted by Crippen LogP contribution is 2.35. The van der Waals surface area contributed by atoms with Crippen LogP contribution >= 0.6 is 0 Å². The third-order valence-electron chi connectivity index (χ3n) is 5.80. The summed E-state index contributed by atoms with van der Waals surface area (Å²) in [5, 5.41) is 0. The van der Waals surface area contributed by atoms with E-state index in [1.165, 1.54) is 12.1 Å². The third-order valence-corrected chi connectivity index (χ3v) is 7.01. The number of piperazine rings is 1. The lowest BCUT2D eigenvalue weighted by atomic mass is 10.1. The van der Waals surface area contributed by atoms with E-state index in [9.17, 15) is 13.4 Å².